The number of para-hydroxylation sites is 1. The van der Waals surface area contributed by atoms with E-state index in [-0.39, 0.29) is 49.1 Å². The van der Waals surface area contributed by atoms with E-state index in [1.54, 1.807) is 11.3 Å². The molecule has 2 aliphatic rings. The summed E-state index contributed by atoms with van der Waals surface area (Å²) in [6.45, 7) is 13.4. The summed E-state index contributed by atoms with van der Waals surface area (Å²) in [7, 11) is 1.36. The monoisotopic (exact) mass is 1240 g/mol. The predicted molar refractivity (Wildman–Crippen MR) is 348 cm³/mol. The second kappa shape index (κ2) is 28.5. The van der Waals surface area contributed by atoms with Crippen LogP contribution in [0.1, 0.15) is 152 Å². The van der Waals surface area contributed by atoms with Crippen LogP contribution in [-0.2, 0) is 38.5 Å². The molecule has 1 unspecified atom stereocenters. The zero-order chi connectivity index (χ0) is 62.1. The van der Waals surface area contributed by atoms with Gasteiger partial charge in [-0.15, -0.1) is 22.7 Å². The first-order valence-corrected chi connectivity index (χ1v) is 32.8. The lowest BCUT2D eigenvalue weighted by molar-refractivity contribution is -0.144. The Kier molecular flexibility index (Phi) is 20.4. The van der Waals surface area contributed by atoms with Crippen LogP contribution in [0.2, 0.25) is 0 Å². The fraction of sp³-hybridized carbons (Fsp3) is 0.397. The summed E-state index contributed by atoms with van der Waals surface area (Å²) in [5, 5.41) is 21.1. The van der Waals surface area contributed by atoms with Gasteiger partial charge in [-0.25, -0.2) is 19.7 Å². The molecule has 1 fully saturated rings. The number of aryl methyl sites for hydroxylation is 2. The Morgan fingerprint density at radius 1 is 0.818 bits per heavy atom. The van der Waals surface area contributed by atoms with Crippen LogP contribution in [0.25, 0.3) is 31.9 Å². The van der Waals surface area contributed by atoms with Gasteiger partial charge in [-0.3, -0.25) is 29.5 Å². The molecule has 10 rings (SSSR count). The molecule has 4 aromatic carbocycles. The van der Waals surface area contributed by atoms with E-state index in [1.807, 2.05) is 131 Å². The van der Waals surface area contributed by atoms with E-state index in [0.717, 1.165) is 103 Å². The molecule has 0 saturated carbocycles. The number of methoxy groups -OCH3 is 1. The zero-order valence-electron chi connectivity index (χ0n) is 51.0. The number of anilines is 2. The quantitative estimate of drug-likeness (QED) is 0.0327. The minimum Gasteiger partial charge on any atom is -0.494 e. The van der Waals surface area contributed by atoms with E-state index < -0.39 is 29.6 Å². The normalized spacial score (nSPS) is 16.0. The summed E-state index contributed by atoms with van der Waals surface area (Å²) in [5.41, 5.74) is 10.9. The van der Waals surface area contributed by atoms with Crippen molar-refractivity contribution < 1.29 is 38.6 Å². The number of aliphatic hydroxyl groups excluding tert-OH is 1. The highest BCUT2D eigenvalue weighted by Crippen LogP contribution is 2.36. The molecular formula is C68H77N9O8S3. The molecule has 0 spiro atoms. The average molecular weight is 1240 g/mol. The van der Waals surface area contributed by atoms with Crippen LogP contribution in [0.5, 0.6) is 5.75 Å². The average Bonchev–Trinajstić information content (AvgIpc) is 4.50. The fourth-order valence-corrected chi connectivity index (χ4v) is 14.3. The number of hydrogen-bond acceptors (Lipinski definition) is 16. The van der Waals surface area contributed by atoms with Crippen molar-refractivity contribution in [2.75, 3.05) is 37.0 Å². The third kappa shape index (κ3) is 15.3. The number of fused-ring (bicyclic) bond motifs is 2. The maximum absolute atomic E-state index is 14.2. The highest BCUT2D eigenvalue weighted by atomic mass is 32.1. The molecule has 8 aromatic rings. The second-order valence-corrected chi connectivity index (χ2v) is 27.0. The topological polar surface area (TPSA) is 218 Å². The number of unbranched alkanes of at least 4 members (excludes halogenated alkanes) is 3. The first-order chi connectivity index (χ1) is 42.4. The van der Waals surface area contributed by atoms with E-state index in [1.165, 1.54) is 34.7 Å². The van der Waals surface area contributed by atoms with E-state index in [9.17, 15) is 29.1 Å². The molecule has 4 amide bonds. The highest BCUT2D eigenvalue weighted by Gasteiger charge is 2.45. The number of benzene rings is 4. The van der Waals surface area contributed by atoms with Crippen molar-refractivity contribution in [3.05, 3.63) is 159 Å². The number of aliphatic hydroxyl groups is 1. The summed E-state index contributed by atoms with van der Waals surface area (Å²) in [6.07, 6.45) is 7.93. The van der Waals surface area contributed by atoms with Gasteiger partial charge in [0.05, 0.1) is 57.9 Å². The lowest BCUT2D eigenvalue weighted by atomic mass is 9.85. The lowest BCUT2D eigenvalue weighted by Gasteiger charge is -2.35. The Bertz CT molecular complexity index is 3710. The van der Waals surface area contributed by atoms with Gasteiger partial charge in [0.25, 0.3) is 5.91 Å². The first-order valence-electron chi connectivity index (χ1n) is 30.3. The van der Waals surface area contributed by atoms with Gasteiger partial charge in [-0.1, -0.05) is 113 Å². The van der Waals surface area contributed by atoms with Crippen molar-refractivity contribution in [3.63, 3.8) is 0 Å². The van der Waals surface area contributed by atoms with Crippen LogP contribution in [0, 0.1) is 12.3 Å². The van der Waals surface area contributed by atoms with Gasteiger partial charge in [-0.05, 0) is 134 Å². The number of carbonyl (C=O) groups excluding carboxylic acids is 5. The Morgan fingerprint density at radius 3 is 2.31 bits per heavy atom. The number of aromatic nitrogens is 4. The zero-order valence-corrected chi connectivity index (χ0v) is 53.4. The first kappa shape index (κ1) is 63.1. The van der Waals surface area contributed by atoms with Crippen LogP contribution in [0.15, 0.2) is 115 Å². The van der Waals surface area contributed by atoms with Crippen LogP contribution < -0.4 is 25.6 Å². The summed E-state index contributed by atoms with van der Waals surface area (Å²) in [4.78, 5) is 92.1. The molecule has 0 bridgehead atoms. The molecule has 5 atom stereocenters. The van der Waals surface area contributed by atoms with Crippen molar-refractivity contribution in [1.29, 1.82) is 0 Å². The fourth-order valence-electron chi connectivity index (χ4n) is 11.5. The van der Waals surface area contributed by atoms with E-state index in [2.05, 4.69) is 55.9 Å². The number of hydrogen-bond donors (Lipinski definition) is 4. The molecule has 4 N–H and O–H groups in total. The molecular weight excluding hydrogens is 1170 g/mol. The number of β-amino-alcohol motifs (C(OH)–C–C–N with tert-alkyl or cyclic N) is 1. The van der Waals surface area contributed by atoms with Gasteiger partial charge in [-0.2, -0.15) is 0 Å². The summed E-state index contributed by atoms with van der Waals surface area (Å²) >= 11 is 4.50. The third-order valence-corrected chi connectivity index (χ3v) is 19.6. The number of esters is 1. The van der Waals surface area contributed by atoms with Gasteiger partial charge >= 0.3 is 5.97 Å². The molecule has 17 nitrogen and oxygen atoms in total. The number of ether oxygens (including phenoxy) is 2. The smallest absolute Gasteiger partial charge is 0.357 e. The SMILES string of the molecule is COC(=O)c1nc(N2CCc3cccc(C(=O)Nc4nc5ccccc5s4)c3C2)sc1CCCOc1ccc(-c2ccc(C(C)CCCCCCC(=O)N[C@H](C(=O)N3C[C@H](O)C[C@H]3C(=O)N[C@@H](C)c3ccc(-c4scnc4C)cc3)C(C)(C)C)cn2)cc1. The standard InChI is InChI=1S/C68H77N9O8S3/c1-41(16-10-8-9-11-22-58(79)73-61(68(4,5)6)64(82)77-38-49(78)36-55(77)63(81)71-42(2)44-23-25-47(26-24-44)60-43(3)70-40-86-60)48-29-32-53(69-37-48)46-27-30-50(31-28-46)85-35-15-21-57-59(65(83)84-7)74-67(88-57)76-34-33-45-17-14-18-51(52(45)39-76)62(80)75-66-72-54-19-12-13-20-56(54)87-66/h12-14,17-20,23-32,37,40-42,49,55,61,78H,8-11,15-16,21-22,33-36,38-39H2,1-7H3,(H,71,81)(H,73,79)(H,72,75,80)/t41?,42-,49+,55-,61+/m0/s1. The number of thiazole rings is 3. The Labute approximate surface area is 526 Å². The number of pyridine rings is 1. The van der Waals surface area contributed by atoms with Gasteiger partial charge in [0.2, 0.25) is 17.7 Å². The van der Waals surface area contributed by atoms with E-state index in [4.69, 9.17) is 19.4 Å². The van der Waals surface area contributed by atoms with Crippen molar-refractivity contribution in [2.24, 2.45) is 5.41 Å². The van der Waals surface area contributed by atoms with Crippen molar-refractivity contribution in [2.45, 2.75) is 142 Å². The minimum atomic E-state index is -0.877. The third-order valence-electron chi connectivity index (χ3n) is 16.5. The van der Waals surface area contributed by atoms with Crippen LogP contribution in [-0.4, -0.2) is 105 Å². The summed E-state index contributed by atoms with van der Waals surface area (Å²) in [5.74, 6) is -0.584. The number of likely N-dealkylation sites (tertiary alicyclic amines) is 1. The van der Waals surface area contributed by atoms with Gasteiger partial charge in [0.15, 0.2) is 16.0 Å². The molecule has 2 aliphatic heterocycles. The molecule has 0 aliphatic carbocycles. The Balaban J connectivity index is 0.636. The number of nitrogens with one attached hydrogen (secondary N) is 3. The molecule has 20 heteroatoms. The van der Waals surface area contributed by atoms with Crippen molar-refractivity contribution in [3.8, 4) is 27.4 Å². The van der Waals surface area contributed by atoms with Gasteiger partial charge < -0.3 is 35.0 Å². The van der Waals surface area contributed by atoms with Crippen molar-refractivity contribution >= 4 is 84.1 Å². The number of nitrogens with zero attached hydrogens (tertiary/aromatic N) is 6. The van der Waals surface area contributed by atoms with Crippen molar-refractivity contribution in [1.82, 2.24) is 35.5 Å². The second-order valence-electron chi connectivity index (χ2n) is 24.0. The van der Waals surface area contributed by atoms with Crippen LogP contribution in [0.4, 0.5) is 10.3 Å². The molecule has 460 valence electrons. The molecule has 4 aromatic heterocycles. The Hall–Kier alpha value is -7.91. The van der Waals surface area contributed by atoms with Crippen LogP contribution in [0.3, 0.4) is 0 Å². The minimum absolute atomic E-state index is 0.0165. The number of rotatable bonds is 24. The van der Waals surface area contributed by atoms with E-state index in [0.29, 0.717) is 66.4 Å². The van der Waals surface area contributed by atoms with Crippen LogP contribution >= 0.6 is 34.0 Å². The molecule has 6 heterocycles. The lowest BCUT2D eigenvalue weighted by Crippen LogP contribution is -2.57. The maximum atomic E-state index is 14.2. The van der Waals surface area contributed by atoms with E-state index >= 15 is 0 Å². The Morgan fingerprint density at radius 2 is 1.58 bits per heavy atom. The summed E-state index contributed by atoms with van der Waals surface area (Å²) < 4.78 is 12.3. The largest absolute Gasteiger partial charge is 0.494 e. The molecule has 0 radical (unpaired) electrons. The number of carbonyl (C=O) groups is 5. The molecule has 1 saturated heterocycles. The summed E-state index contributed by atoms with van der Waals surface area (Å²) in [6, 6.07) is 31.6. The molecule has 88 heavy (non-hydrogen) atoms. The van der Waals surface area contributed by atoms with Gasteiger partial charge in [0, 0.05) is 54.7 Å². The predicted octanol–water partition coefficient (Wildman–Crippen LogP) is 12.7. The van der Waals surface area contributed by atoms with Gasteiger partial charge in [0.1, 0.15) is 17.8 Å². The maximum Gasteiger partial charge on any atom is 0.357 e. The highest BCUT2D eigenvalue weighted by molar-refractivity contribution is 7.22. The number of amides is 4.